The number of imide groups is 1. The van der Waals surface area contributed by atoms with E-state index in [4.69, 9.17) is 16.7 Å². The molecule has 0 bridgehead atoms. The minimum atomic E-state index is -0.364. The highest BCUT2D eigenvalue weighted by molar-refractivity contribution is 6.30. The Bertz CT molecular complexity index is 1230. The number of nitrogens with one attached hydrogen (secondary N) is 3. The van der Waals surface area contributed by atoms with Gasteiger partial charge in [-0.2, -0.15) is 0 Å². The lowest BCUT2D eigenvalue weighted by atomic mass is 10.1. The standard InChI is InChI=1S/C21H19ClN6O2/c1-11(15-8-19(29)26-21(15)30)17-10-23-20-16(24-13-5-6-13)9-18(27-28(17)20)25-14-4-2-3-12(22)7-14/h2-4,7,9-10,13,24H,5-6,8H2,1H3,(H,25,27)(H,26,29,30)/b15-11+. The number of benzene rings is 1. The van der Waals surface area contributed by atoms with Crippen LogP contribution in [0.4, 0.5) is 17.2 Å². The SMILES string of the molecule is C/C(=C1/CC(=O)NC1=O)c1cnc2c(NC3CC3)cc(Nc3cccc(Cl)c3)nn12. The van der Waals surface area contributed by atoms with Crippen LogP contribution < -0.4 is 16.0 Å². The van der Waals surface area contributed by atoms with Crippen molar-refractivity contribution >= 4 is 51.8 Å². The summed E-state index contributed by atoms with van der Waals surface area (Å²) in [7, 11) is 0. The van der Waals surface area contributed by atoms with Gasteiger partial charge in [-0.15, -0.1) is 5.10 Å². The molecule has 0 spiro atoms. The number of carbonyl (C=O) groups is 2. The van der Waals surface area contributed by atoms with Crippen molar-refractivity contribution < 1.29 is 9.59 Å². The van der Waals surface area contributed by atoms with Gasteiger partial charge in [-0.05, 0) is 43.5 Å². The van der Waals surface area contributed by atoms with E-state index in [1.54, 1.807) is 16.8 Å². The van der Waals surface area contributed by atoms with Gasteiger partial charge in [0.1, 0.15) is 0 Å². The molecule has 3 heterocycles. The van der Waals surface area contributed by atoms with E-state index < -0.39 is 0 Å². The first-order valence-corrected chi connectivity index (χ1v) is 10.1. The molecule has 0 radical (unpaired) electrons. The topological polar surface area (TPSA) is 100 Å². The highest BCUT2D eigenvalue weighted by atomic mass is 35.5. The van der Waals surface area contributed by atoms with E-state index in [0.717, 1.165) is 24.2 Å². The van der Waals surface area contributed by atoms with E-state index in [9.17, 15) is 9.59 Å². The molecule has 3 aromatic rings. The number of carbonyl (C=O) groups excluding carboxylic acids is 2. The predicted molar refractivity (Wildman–Crippen MR) is 115 cm³/mol. The quantitative estimate of drug-likeness (QED) is 0.429. The lowest BCUT2D eigenvalue weighted by Crippen LogP contribution is -2.19. The van der Waals surface area contributed by atoms with Crippen LogP contribution in [0.3, 0.4) is 0 Å². The average molecular weight is 423 g/mol. The van der Waals surface area contributed by atoms with Gasteiger partial charge in [0.25, 0.3) is 5.91 Å². The lowest BCUT2D eigenvalue weighted by Gasteiger charge is -2.12. The second-order valence-electron chi connectivity index (χ2n) is 7.53. The molecule has 3 N–H and O–H groups in total. The van der Waals surface area contributed by atoms with Gasteiger partial charge in [0.15, 0.2) is 11.5 Å². The normalized spacial score (nSPS) is 17.9. The average Bonchev–Trinajstić information content (AvgIpc) is 3.30. The monoisotopic (exact) mass is 422 g/mol. The summed E-state index contributed by atoms with van der Waals surface area (Å²) in [5, 5.41) is 14.4. The number of allylic oxidation sites excluding steroid dienone is 1. The van der Waals surface area contributed by atoms with Crippen LogP contribution in [0, 0.1) is 0 Å². The maximum absolute atomic E-state index is 12.1. The van der Waals surface area contributed by atoms with Crippen LogP contribution >= 0.6 is 11.6 Å². The molecular weight excluding hydrogens is 404 g/mol. The molecule has 8 nitrogen and oxygen atoms in total. The van der Waals surface area contributed by atoms with Crippen molar-refractivity contribution in [1.82, 2.24) is 19.9 Å². The van der Waals surface area contributed by atoms with Gasteiger partial charge in [-0.25, -0.2) is 9.50 Å². The molecule has 9 heteroatoms. The molecule has 0 atom stereocenters. The third kappa shape index (κ3) is 3.50. The third-order valence-corrected chi connectivity index (χ3v) is 5.44. The molecule has 2 fully saturated rings. The Hall–Kier alpha value is -3.39. The first-order valence-electron chi connectivity index (χ1n) is 9.70. The number of amides is 2. The highest BCUT2D eigenvalue weighted by Gasteiger charge is 2.28. The van der Waals surface area contributed by atoms with Gasteiger partial charge < -0.3 is 10.6 Å². The number of anilines is 3. The molecule has 2 aliphatic rings. The number of halogens is 1. The number of fused-ring (bicyclic) bond motifs is 1. The van der Waals surface area contributed by atoms with Crippen LogP contribution in [0.2, 0.25) is 5.02 Å². The van der Waals surface area contributed by atoms with Crippen LogP contribution in [-0.4, -0.2) is 32.5 Å². The summed E-state index contributed by atoms with van der Waals surface area (Å²) in [6, 6.07) is 9.73. The maximum Gasteiger partial charge on any atom is 0.254 e. The van der Waals surface area contributed by atoms with E-state index in [-0.39, 0.29) is 18.2 Å². The van der Waals surface area contributed by atoms with Crippen molar-refractivity contribution in [1.29, 1.82) is 0 Å². The van der Waals surface area contributed by atoms with Gasteiger partial charge in [0.05, 0.1) is 24.0 Å². The van der Waals surface area contributed by atoms with Crippen molar-refractivity contribution in [3.8, 4) is 0 Å². The molecule has 1 aliphatic carbocycles. The van der Waals surface area contributed by atoms with E-state index in [0.29, 0.717) is 39.4 Å². The Morgan fingerprint density at radius 3 is 2.80 bits per heavy atom. The number of nitrogens with zero attached hydrogens (tertiary/aromatic N) is 3. The number of rotatable bonds is 5. The van der Waals surface area contributed by atoms with Crippen LogP contribution in [0.1, 0.15) is 31.9 Å². The fourth-order valence-corrected chi connectivity index (χ4v) is 3.69. The Labute approximate surface area is 177 Å². The fourth-order valence-electron chi connectivity index (χ4n) is 3.50. The Morgan fingerprint density at radius 2 is 2.10 bits per heavy atom. The molecule has 1 aromatic carbocycles. The summed E-state index contributed by atoms with van der Waals surface area (Å²) < 4.78 is 1.70. The highest BCUT2D eigenvalue weighted by Crippen LogP contribution is 2.31. The van der Waals surface area contributed by atoms with Crippen molar-refractivity contribution in [3.05, 3.63) is 52.8 Å². The first-order chi connectivity index (χ1) is 14.5. The lowest BCUT2D eigenvalue weighted by molar-refractivity contribution is -0.124. The van der Waals surface area contributed by atoms with Gasteiger partial charge in [0.2, 0.25) is 5.91 Å². The molecule has 152 valence electrons. The smallest absolute Gasteiger partial charge is 0.254 e. The van der Waals surface area contributed by atoms with E-state index in [2.05, 4.69) is 20.9 Å². The maximum atomic E-state index is 12.1. The molecule has 1 saturated heterocycles. The van der Waals surface area contributed by atoms with E-state index >= 15 is 0 Å². The summed E-state index contributed by atoms with van der Waals surface area (Å²) in [6.45, 7) is 1.81. The molecule has 30 heavy (non-hydrogen) atoms. The minimum Gasteiger partial charge on any atom is -0.379 e. The summed E-state index contributed by atoms with van der Waals surface area (Å²) in [5.74, 6) is -0.0515. The summed E-state index contributed by atoms with van der Waals surface area (Å²) in [4.78, 5) is 28.3. The third-order valence-electron chi connectivity index (χ3n) is 5.20. The minimum absolute atomic E-state index is 0.0610. The summed E-state index contributed by atoms with van der Waals surface area (Å²) in [5.41, 5.74) is 4.11. The Balaban J connectivity index is 1.61. The Kier molecular flexibility index (Phi) is 4.43. The molecule has 2 amide bonds. The Morgan fingerprint density at radius 1 is 1.27 bits per heavy atom. The molecule has 1 saturated carbocycles. The van der Waals surface area contributed by atoms with Crippen LogP contribution in [0.15, 0.2) is 42.1 Å². The molecular formula is C21H19ClN6O2. The van der Waals surface area contributed by atoms with E-state index in [1.165, 1.54) is 0 Å². The second-order valence-corrected chi connectivity index (χ2v) is 7.97. The zero-order chi connectivity index (χ0) is 20.8. The number of hydrogen-bond donors (Lipinski definition) is 3. The van der Waals surface area contributed by atoms with Crippen LogP contribution in [0.5, 0.6) is 0 Å². The van der Waals surface area contributed by atoms with E-state index in [1.807, 2.05) is 31.2 Å². The van der Waals surface area contributed by atoms with Crippen molar-refractivity contribution in [3.63, 3.8) is 0 Å². The van der Waals surface area contributed by atoms with Crippen LogP contribution in [-0.2, 0) is 9.59 Å². The molecule has 0 unspecified atom stereocenters. The number of hydrogen-bond acceptors (Lipinski definition) is 6. The molecule has 5 rings (SSSR count). The molecule has 1 aliphatic heterocycles. The van der Waals surface area contributed by atoms with Crippen molar-refractivity contribution in [2.75, 3.05) is 10.6 Å². The summed E-state index contributed by atoms with van der Waals surface area (Å²) >= 11 is 6.10. The van der Waals surface area contributed by atoms with Gasteiger partial charge >= 0.3 is 0 Å². The largest absolute Gasteiger partial charge is 0.379 e. The van der Waals surface area contributed by atoms with Crippen LogP contribution in [0.25, 0.3) is 11.2 Å². The first kappa shape index (κ1) is 18.6. The zero-order valence-corrected chi connectivity index (χ0v) is 17.0. The van der Waals surface area contributed by atoms with Crippen molar-refractivity contribution in [2.45, 2.75) is 32.2 Å². The number of imidazole rings is 1. The van der Waals surface area contributed by atoms with Gasteiger partial charge in [-0.3, -0.25) is 14.9 Å². The fraction of sp³-hybridized carbons (Fsp3) is 0.238. The predicted octanol–water partition coefficient (Wildman–Crippen LogP) is 3.52. The van der Waals surface area contributed by atoms with Gasteiger partial charge in [-0.1, -0.05) is 17.7 Å². The molecule has 2 aromatic heterocycles. The number of aromatic nitrogens is 3. The second kappa shape index (κ2) is 7.14. The zero-order valence-electron chi connectivity index (χ0n) is 16.2. The summed E-state index contributed by atoms with van der Waals surface area (Å²) in [6.07, 6.45) is 3.97. The van der Waals surface area contributed by atoms with Crippen molar-refractivity contribution in [2.24, 2.45) is 0 Å². The van der Waals surface area contributed by atoms with Gasteiger partial charge in [0, 0.05) is 28.4 Å².